The summed E-state index contributed by atoms with van der Waals surface area (Å²) in [4.78, 5) is 19.2. The first-order chi connectivity index (χ1) is 16.0. The van der Waals surface area contributed by atoms with Gasteiger partial charge in [0.05, 0.1) is 31.3 Å². The highest BCUT2D eigenvalue weighted by atomic mass is 35.5. The van der Waals surface area contributed by atoms with E-state index in [1.54, 1.807) is 12.1 Å². The Morgan fingerprint density at radius 2 is 2.09 bits per heavy atom. The van der Waals surface area contributed by atoms with Crippen LogP contribution in [-0.4, -0.2) is 37.5 Å². The number of anilines is 1. The van der Waals surface area contributed by atoms with Crippen LogP contribution in [0.15, 0.2) is 42.9 Å². The van der Waals surface area contributed by atoms with Crippen molar-refractivity contribution in [1.82, 2.24) is 9.88 Å². The fraction of sp³-hybridized carbons (Fsp3) is 0.182. The maximum atomic E-state index is 14.4. The van der Waals surface area contributed by atoms with E-state index in [0.717, 1.165) is 16.6 Å². The van der Waals surface area contributed by atoms with Crippen molar-refractivity contribution >= 4 is 52.9 Å². The number of aromatic nitrogens is 1. The summed E-state index contributed by atoms with van der Waals surface area (Å²) in [6, 6.07) is 5.13. The van der Waals surface area contributed by atoms with E-state index in [-0.39, 0.29) is 49.5 Å². The minimum Gasteiger partial charge on any atom is -0.470 e. The lowest BCUT2D eigenvalue weighted by atomic mass is 10.0. The minimum absolute atomic E-state index is 0.0173. The molecule has 1 atom stereocenters. The van der Waals surface area contributed by atoms with Gasteiger partial charge in [0.15, 0.2) is 5.75 Å². The Hall–Kier alpha value is -2.81. The highest BCUT2D eigenvalue weighted by Gasteiger charge is 2.38. The Morgan fingerprint density at radius 3 is 2.76 bits per heavy atom. The Kier molecular flexibility index (Phi) is 6.50. The van der Waals surface area contributed by atoms with Crippen LogP contribution in [0, 0.1) is 11.6 Å². The molecule has 0 saturated carbocycles. The van der Waals surface area contributed by atoms with Gasteiger partial charge in [0.1, 0.15) is 17.2 Å². The van der Waals surface area contributed by atoms with Gasteiger partial charge in [-0.25, -0.2) is 17.2 Å². The number of hydrogen-bond donors (Lipinski definition) is 0. The number of rotatable bonds is 7. The van der Waals surface area contributed by atoms with Gasteiger partial charge < -0.3 is 9.42 Å². The molecule has 0 radical (unpaired) electrons. The highest BCUT2D eigenvalue weighted by molar-refractivity contribution is 7.92. The monoisotopic (exact) mass is 525 g/mol. The molecule has 178 valence electrons. The molecule has 0 spiro atoms. The lowest BCUT2D eigenvalue weighted by Crippen LogP contribution is -2.26. The average Bonchev–Trinajstić information content (AvgIpc) is 3.09. The predicted molar refractivity (Wildman–Crippen MR) is 129 cm³/mol. The molecule has 1 aromatic heterocycles. The van der Waals surface area contributed by atoms with Crippen molar-refractivity contribution in [3.8, 4) is 5.75 Å². The van der Waals surface area contributed by atoms with Gasteiger partial charge in [-0.05, 0) is 24.0 Å². The molecule has 1 aliphatic heterocycles. The summed E-state index contributed by atoms with van der Waals surface area (Å²) in [6.07, 6.45) is 2.56. The van der Waals surface area contributed by atoms with E-state index in [2.05, 4.69) is 11.6 Å². The summed E-state index contributed by atoms with van der Waals surface area (Å²) >= 11 is 5.81. The van der Waals surface area contributed by atoms with E-state index in [1.807, 2.05) is 0 Å². The predicted octanol–water partition coefficient (Wildman–Crippen LogP) is 4.83. The molecule has 4 rings (SSSR count). The fourth-order valence-electron chi connectivity index (χ4n) is 3.86. The average molecular weight is 526 g/mol. The molecule has 0 bridgehead atoms. The summed E-state index contributed by atoms with van der Waals surface area (Å²) in [5, 5.41) is 0.202. The van der Waals surface area contributed by atoms with Crippen molar-refractivity contribution in [1.29, 1.82) is 0 Å². The number of fused-ring (bicyclic) bond motifs is 2. The zero-order valence-electron chi connectivity index (χ0n) is 18.1. The van der Waals surface area contributed by atoms with Crippen LogP contribution in [0.3, 0.4) is 0 Å². The smallest absolute Gasteiger partial charge is 0.258 e. The van der Waals surface area contributed by atoms with Gasteiger partial charge in [0.2, 0.25) is 10.0 Å². The van der Waals surface area contributed by atoms with Crippen molar-refractivity contribution in [3.63, 3.8) is 0 Å². The quantitative estimate of drug-likeness (QED) is 0.326. The van der Waals surface area contributed by atoms with Gasteiger partial charge in [-0.2, -0.15) is 0 Å². The van der Waals surface area contributed by atoms with Crippen molar-refractivity contribution in [2.75, 3.05) is 17.6 Å². The number of nitrogens with zero attached hydrogens (tertiary/aromatic N) is 3. The second-order valence-electron chi connectivity index (χ2n) is 7.60. The number of hydrogen-bond acceptors (Lipinski definition) is 5. The van der Waals surface area contributed by atoms with E-state index in [4.69, 9.17) is 16.1 Å². The van der Waals surface area contributed by atoms with Crippen LogP contribution in [-0.2, 0) is 23.1 Å². The molecule has 0 fully saturated rings. The van der Waals surface area contributed by atoms with Crippen LogP contribution in [0.2, 0.25) is 5.02 Å². The molecule has 3 aromatic rings. The number of benzene rings is 2. The van der Waals surface area contributed by atoms with E-state index < -0.39 is 27.6 Å². The van der Waals surface area contributed by atoms with Crippen molar-refractivity contribution < 1.29 is 26.5 Å². The van der Waals surface area contributed by atoms with Gasteiger partial charge in [0.25, 0.3) is 5.91 Å². The van der Waals surface area contributed by atoms with Crippen LogP contribution in [0.25, 0.3) is 10.9 Å². The standard InChI is InChI=1S/C22H19ClF2N3O4PS/c1-4-33-32-21-18-14(20(27(2)34(3,30)31)13-6-5-7-26-19(13)21)11-28(22(18)29)10-12-8-15(23)17(25)9-16(12)24/h4-9,33H,1,10-11H2,2-3H3. The van der Waals surface area contributed by atoms with Crippen molar-refractivity contribution in [2.24, 2.45) is 0 Å². The normalized spacial score (nSPS) is 13.7. The molecule has 1 amide bonds. The van der Waals surface area contributed by atoms with Crippen LogP contribution in [0.4, 0.5) is 14.5 Å². The molecule has 0 aliphatic carbocycles. The molecule has 2 aromatic carbocycles. The van der Waals surface area contributed by atoms with Crippen molar-refractivity contribution in [3.05, 3.63) is 76.2 Å². The van der Waals surface area contributed by atoms with Crippen molar-refractivity contribution in [2.45, 2.75) is 13.1 Å². The second kappa shape index (κ2) is 9.09. The second-order valence-corrected chi connectivity index (χ2v) is 10.9. The molecular weight excluding hydrogens is 507 g/mol. The van der Waals surface area contributed by atoms with Crippen LogP contribution in [0.5, 0.6) is 5.75 Å². The van der Waals surface area contributed by atoms with Crippen LogP contribution < -0.4 is 8.83 Å². The van der Waals surface area contributed by atoms with E-state index >= 15 is 0 Å². The molecule has 1 unspecified atom stereocenters. The maximum absolute atomic E-state index is 14.4. The van der Waals surface area contributed by atoms with E-state index in [1.165, 1.54) is 24.0 Å². The number of carbonyl (C=O) groups excluding carboxylic acids is 1. The van der Waals surface area contributed by atoms with Gasteiger partial charge in [-0.1, -0.05) is 18.2 Å². The third-order valence-electron chi connectivity index (χ3n) is 5.45. The Bertz CT molecular complexity index is 1450. The Labute approximate surface area is 201 Å². The Morgan fingerprint density at radius 1 is 1.35 bits per heavy atom. The lowest BCUT2D eigenvalue weighted by molar-refractivity contribution is 0.0764. The summed E-state index contributed by atoms with van der Waals surface area (Å²) in [6.45, 7) is 3.40. The lowest BCUT2D eigenvalue weighted by Gasteiger charge is -2.23. The molecule has 12 heteroatoms. The topological polar surface area (TPSA) is 79.8 Å². The van der Waals surface area contributed by atoms with Crippen LogP contribution >= 0.6 is 20.4 Å². The first-order valence-electron chi connectivity index (χ1n) is 9.88. The van der Waals surface area contributed by atoms with Gasteiger partial charge in [-0.15, -0.1) is 0 Å². The van der Waals surface area contributed by atoms with Gasteiger partial charge >= 0.3 is 0 Å². The number of halogens is 3. The third kappa shape index (κ3) is 4.21. The molecule has 1 aliphatic rings. The summed E-state index contributed by atoms with van der Waals surface area (Å²) in [5.74, 6) is -0.538. The summed E-state index contributed by atoms with van der Waals surface area (Å²) in [5.41, 5.74) is 1.15. The summed E-state index contributed by atoms with van der Waals surface area (Å²) < 4.78 is 59.9. The number of sulfonamides is 1. The molecule has 7 nitrogen and oxygen atoms in total. The summed E-state index contributed by atoms with van der Waals surface area (Å²) in [7, 11) is -2.51. The maximum Gasteiger partial charge on any atom is 0.258 e. The number of pyridine rings is 1. The molecule has 0 saturated heterocycles. The van der Waals surface area contributed by atoms with Gasteiger partial charge in [0, 0.05) is 48.9 Å². The SMILES string of the molecule is C=CPOc1c2c(c(N(C)S(C)(=O)=O)c3cccnc13)CN(Cc1cc(Cl)c(F)cc1F)C2=O. The third-order valence-corrected chi connectivity index (χ3v) is 7.41. The zero-order valence-corrected chi connectivity index (χ0v) is 20.7. The molecule has 0 N–H and O–H groups in total. The fourth-order valence-corrected chi connectivity index (χ4v) is 4.98. The molecule has 34 heavy (non-hydrogen) atoms. The molecule has 2 heterocycles. The largest absolute Gasteiger partial charge is 0.470 e. The zero-order chi connectivity index (χ0) is 24.8. The highest BCUT2D eigenvalue weighted by Crippen LogP contribution is 2.46. The van der Waals surface area contributed by atoms with Gasteiger partial charge in [-0.3, -0.25) is 14.1 Å². The first-order valence-corrected chi connectivity index (χ1v) is 13.1. The minimum atomic E-state index is -3.71. The molecular formula is C22H19ClF2N3O4PS. The first kappa shape index (κ1) is 24.3. The van der Waals surface area contributed by atoms with Crippen LogP contribution in [0.1, 0.15) is 21.5 Å². The van der Waals surface area contributed by atoms with E-state index in [9.17, 15) is 22.0 Å². The van der Waals surface area contributed by atoms with E-state index in [0.29, 0.717) is 22.5 Å². The Balaban J connectivity index is 1.93. The number of amides is 1. The number of carbonyl (C=O) groups is 1.